The van der Waals surface area contributed by atoms with Crippen LogP contribution in [0.1, 0.15) is 30.2 Å². The third-order valence-electron chi connectivity index (χ3n) is 2.10. The van der Waals surface area contributed by atoms with Gasteiger partial charge >= 0.3 is 5.97 Å². The summed E-state index contributed by atoms with van der Waals surface area (Å²) in [6.07, 6.45) is -2.01. The maximum absolute atomic E-state index is 12.9. The molecule has 0 atom stereocenters. The van der Waals surface area contributed by atoms with E-state index < -0.39 is 18.0 Å². The van der Waals surface area contributed by atoms with Gasteiger partial charge in [0.1, 0.15) is 6.07 Å². The first-order valence-electron chi connectivity index (χ1n) is 5.02. The summed E-state index contributed by atoms with van der Waals surface area (Å²) < 4.78 is 30.4. The van der Waals surface area contributed by atoms with E-state index in [2.05, 4.69) is 25.7 Å². The van der Waals surface area contributed by atoms with E-state index in [1.54, 1.807) is 13.0 Å². The molecule has 0 N–H and O–H groups in total. The molecule has 7 heteroatoms. The summed E-state index contributed by atoms with van der Waals surface area (Å²) in [6, 6.07) is 1.69. The van der Waals surface area contributed by atoms with E-state index in [1.807, 2.05) is 0 Å². The van der Waals surface area contributed by atoms with Crippen molar-refractivity contribution >= 4 is 21.9 Å². The van der Waals surface area contributed by atoms with Gasteiger partial charge in [0.25, 0.3) is 6.43 Å². The van der Waals surface area contributed by atoms with Crippen LogP contribution in [0.5, 0.6) is 0 Å². The molecule has 0 unspecified atom stereocenters. The lowest BCUT2D eigenvalue weighted by atomic mass is 10.1. The molecule has 1 aromatic rings. The second-order valence-electron chi connectivity index (χ2n) is 3.25. The minimum absolute atomic E-state index is 0.0503. The number of alkyl halides is 2. The molecule has 0 fully saturated rings. The van der Waals surface area contributed by atoms with Crippen molar-refractivity contribution in [3.05, 3.63) is 27.5 Å². The van der Waals surface area contributed by atoms with E-state index in [0.717, 1.165) is 6.20 Å². The van der Waals surface area contributed by atoms with Crippen LogP contribution >= 0.6 is 15.9 Å². The van der Waals surface area contributed by atoms with Crippen LogP contribution in [-0.4, -0.2) is 17.6 Å². The lowest BCUT2D eigenvalue weighted by Gasteiger charge is -2.10. The number of aromatic nitrogens is 1. The highest BCUT2D eigenvalue weighted by molar-refractivity contribution is 9.10. The van der Waals surface area contributed by atoms with E-state index >= 15 is 0 Å². The molecule has 0 saturated heterocycles. The number of carbonyl (C=O) groups is 1. The maximum atomic E-state index is 12.9. The van der Waals surface area contributed by atoms with E-state index in [-0.39, 0.29) is 28.8 Å². The van der Waals surface area contributed by atoms with Crippen molar-refractivity contribution < 1.29 is 18.3 Å². The molecule has 18 heavy (non-hydrogen) atoms. The van der Waals surface area contributed by atoms with E-state index in [9.17, 15) is 13.6 Å². The second-order valence-corrected chi connectivity index (χ2v) is 4.05. The van der Waals surface area contributed by atoms with Crippen molar-refractivity contribution in [2.24, 2.45) is 0 Å². The predicted octanol–water partition coefficient (Wildman–Crippen LogP) is 2.76. The number of halogens is 3. The van der Waals surface area contributed by atoms with Crippen molar-refractivity contribution in [2.75, 3.05) is 6.61 Å². The zero-order valence-electron chi connectivity index (χ0n) is 9.41. The second kappa shape index (κ2) is 6.40. The van der Waals surface area contributed by atoms with Gasteiger partial charge in [0.05, 0.1) is 17.5 Å². The number of nitrogens with zero attached hydrogens (tertiary/aromatic N) is 2. The fraction of sp³-hybridized carbons (Fsp3) is 0.364. The van der Waals surface area contributed by atoms with Gasteiger partial charge in [-0.3, -0.25) is 4.79 Å². The molecule has 0 saturated carbocycles. The quantitative estimate of drug-likeness (QED) is 0.801. The molecule has 1 aromatic heterocycles. The summed E-state index contributed by atoms with van der Waals surface area (Å²) >= 11 is 2.90. The molecule has 0 radical (unpaired) electrons. The lowest BCUT2D eigenvalue weighted by molar-refractivity contribution is -0.142. The lowest BCUT2D eigenvalue weighted by Crippen LogP contribution is -2.11. The molecule has 0 bridgehead atoms. The first kappa shape index (κ1) is 14.5. The van der Waals surface area contributed by atoms with Gasteiger partial charge in [-0.15, -0.1) is 0 Å². The summed E-state index contributed by atoms with van der Waals surface area (Å²) in [5.74, 6) is -0.613. The largest absolute Gasteiger partial charge is 0.466 e. The molecule has 0 aliphatic heterocycles. The topological polar surface area (TPSA) is 63.0 Å². The first-order chi connectivity index (χ1) is 8.51. The average Bonchev–Trinajstić information content (AvgIpc) is 2.29. The molecule has 96 valence electrons. The fourth-order valence-electron chi connectivity index (χ4n) is 1.36. The van der Waals surface area contributed by atoms with Gasteiger partial charge in [-0.05, 0) is 28.4 Å². The van der Waals surface area contributed by atoms with Gasteiger partial charge in [-0.2, -0.15) is 5.26 Å². The fourth-order valence-corrected chi connectivity index (χ4v) is 1.98. The van der Waals surface area contributed by atoms with Crippen LogP contribution in [0.3, 0.4) is 0 Å². The summed E-state index contributed by atoms with van der Waals surface area (Å²) in [5.41, 5.74) is -0.484. The number of hydrogen-bond acceptors (Lipinski definition) is 4. The minimum Gasteiger partial charge on any atom is -0.466 e. The van der Waals surface area contributed by atoms with Crippen LogP contribution in [0.2, 0.25) is 0 Å². The molecular weight excluding hydrogens is 310 g/mol. The molecule has 0 amide bonds. The van der Waals surface area contributed by atoms with Gasteiger partial charge < -0.3 is 4.74 Å². The summed E-state index contributed by atoms with van der Waals surface area (Å²) in [6.45, 7) is 1.80. The van der Waals surface area contributed by atoms with Gasteiger partial charge in [0, 0.05) is 11.8 Å². The van der Waals surface area contributed by atoms with E-state index in [1.165, 1.54) is 0 Å². The Balaban J connectivity index is 3.17. The third-order valence-corrected chi connectivity index (χ3v) is 2.91. The van der Waals surface area contributed by atoms with Crippen molar-refractivity contribution in [1.82, 2.24) is 4.98 Å². The molecule has 0 aromatic carbocycles. The number of pyridine rings is 1. The van der Waals surface area contributed by atoms with Crippen molar-refractivity contribution in [3.63, 3.8) is 0 Å². The zero-order valence-corrected chi connectivity index (χ0v) is 11.0. The van der Waals surface area contributed by atoms with Gasteiger partial charge in [-0.1, -0.05) is 0 Å². The van der Waals surface area contributed by atoms with Crippen molar-refractivity contribution in [3.8, 4) is 6.07 Å². The average molecular weight is 319 g/mol. The van der Waals surface area contributed by atoms with E-state index in [4.69, 9.17) is 5.26 Å². The molecule has 0 spiro atoms. The maximum Gasteiger partial charge on any atom is 0.310 e. The SMILES string of the molecule is CCOC(=O)Cc1cnc(C#N)c(Br)c1C(F)F. The summed E-state index contributed by atoms with van der Waals surface area (Å²) in [7, 11) is 0. The molecule has 1 rings (SSSR count). The van der Waals surface area contributed by atoms with Crippen molar-refractivity contribution in [2.45, 2.75) is 19.8 Å². The highest BCUT2D eigenvalue weighted by atomic mass is 79.9. The molecule has 0 aliphatic carbocycles. The molecular formula is C11H9BrF2N2O2. The smallest absolute Gasteiger partial charge is 0.310 e. The Morgan fingerprint density at radius 3 is 2.83 bits per heavy atom. The van der Waals surface area contributed by atoms with Crippen LogP contribution in [0.4, 0.5) is 8.78 Å². The number of rotatable bonds is 4. The monoisotopic (exact) mass is 318 g/mol. The number of hydrogen-bond donors (Lipinski definition) is 0. The molecule has 0 aliphatic rings. The Morgan fingerprint density at radius 2 is 2.33 bits per heavy atom. The van der Waals surface area contributed by atoms with Crippen LogP contribution in [0.15, 0.2) is 10.7 Å². The summed E-state index contributed by atoms with van der Waals surface area (Å²) in [5, 5.41) is 8.70. The standard InChI is InChI=1S/C11H9BrF2N2O2/c1-2-18-8(17)3-6-5-16-7(4-15)10(12)9(6)11(13)14/h5,11H,2-3H2,1H3. The van der Waals surface area contributed by atoms with Gasteiger partial charge in [0.15, 0.2) is 5.69 Å². The van der Waals surface area contributed by atoms with E-state index in [0.29, 0.717) is 0 Å². The highest BCUT2D eigenvalue weighted by Gasteiger charge is 2.22. The summed E-state index contributed by atoms with van der Waals surface area (Å²) in [4.78, 5) is 15.0. The van der Waals surface area contributed by atoms with Gasteiger partial charge in [-0.25, -0.2) is 13.8 Å². The number of nitriles is 1. The Morgan fingerprint density at radius 1 is 1.67 bits per heavy atom. The number of ether oxygens (including phenoxy) is 1. The van der Waals surface area contributed by atoms with Crippen LogP contribution < -0.4 is 0 Å². The van der Waals surface area contributed by atoms with Gasteiger partial charge in [0.2, 0.25) is 0 Å². The van der Waals surface area contributed by atoms with Crippen LogP contribution in [-0.2, 0) is 16.0 Å². The van der Waals surface area contributed by atoms with Crippen LogP contribution in [0.25, 0.3) is 0 Å². The zero-order chi connectivity index (χ0) is 13.7. The normalized spacial score (nSPS) is 10.2. The predicted molar refractivity (Wildman–Crippen MR) is 61.9 cm³/mol. The van der Waals surface area contributed by atoms with Crippen molar-refractivity contribution in [1.29, 1.82) is 5.26 Å². The first-order valence-corrected chi connectivity index (χ1v) is 5.81. The molecule has 1 heterocycles. The Kier molecular flexibility index (Phi) is 5.16. The Hall–Kier alpha value is -1.55. The third kappa shape index (κ3) is 3.23. The van der Waals surface area contributed by atoms with Crippen LogP contribution in [0, 0.1) is 11.3 Å². The number of carbonyl (C=O) groups excluding carboxylic acids is 1. The minimum atomic E-state index is -2.81. The Labute approximate surface area is 111 Å². The Bertz CT molecular complexity index is 501. The number of esters is 1. The molecule has 4 nitrogen and oxygen atoms in total. The highest BCUT2D eigenvalue weighted by Crippen LogP contribution is 2.32.